The minimum Gasteiger partial charge on any atom is -0.497 e. The van der Waals surface area contributed by atoms with E-state index in [0.717, 1.165) is 17.4 Å². The van der Waals surface area contributed by atoms with Gasteiger partial charge in [0, 0.05) is 17.8 Å². The molecule has 4 heteroatoms. The molecule has 0 saturated heterocycles. The zero-order chi connectivity index (χ0) is 13.8. The Morgan fingerprint density at radius 3 is 2.89 bits per heavy atom. The van der Waals surface area contributed by atoms with Crippen LogP contribution < -0.4 is 10.1 Å². The fourth-order valence-electron chi connectivity index (χ4n) is 2.21. The Labute approximate surface area is 114 Å². The van der Waals surface area contributed by atoms with Crippen molar-refractivity contribution >= 4 is 11.6 Å². The number of carbonyl (C=O) groups excluding carboxylic acids is 1. The average molecular weight is 262 g/mol. The Bertz CT molecular complexity index is 444. The van der Waals surface area contributed by atoms with Gasteiger partial charge in [0.05, 0.1) is 13.7 Å². The minimum absolute atomic E-state index is 0.0169. The first kappa shape index (κ1) is 13.9. The second-order valence-electron chi connectivity index (χ2n) is 5.27. The molecule has 0 radical (unpaired) electrons. The van der Waals surface area contributed by atoms with Crippen LogP contribution in [0.3, 0.4) is 0 Å². The summed E-state index contributed by atoms with van der Waals surface area (Å²) in [5, 5.41) is 2.90. The zero-order valence-corrected chi connectivity index (χ0v) is 11.8. The van der Waals surface area contributed by atoms with Crippen molar-refractivity contribution in [1.29, 1.82) is 0 Å². The van der Waals surface area contributed by atoms with Crippen molar-refractivity contribution in [3.05, 3.63) is 24.3 Å². The van der Waals surface area contributed by atoms with E-state index in [1.54, 1.807) is 7.11 Å². The summed E-state index contributed by atoms with van der Waals surface area (Å²) in [5.41, 5.74) is 0.775. The fourth-order valence-corrected chi connectivity index (χ4v) is 2.21. The van der Waals surface area contributed by atoms with Gasteiger partial charge in [-0.1, -0.05) is 6.07 Å². The summed E-state index contributed by atoms with van der Waals surface area (Å²) >= 11 is 0. The van der Waals surface area contributed by atoms with E-state index in [4.69, 9.17) is 4.74 Å². The lowest BCUT2D eigenvalue weighted by Gasteiger charge is -2.23. The van der Waals surface area contributed by atoms with E-state index in [1.165, 1.54) is 12.8 Å². The highest BCUT2D eigenvalue weighted by molar-refractivity contribution is 5.92. The number of likely N-dealkylation sites (N-methyl/N-ethyl adjacent to an activating group) is 1. The summed E-state index contributed by atoms with van der Waals surface area (Å²) < 4.78 is 5.13. The van der Waals surface area contributed by atoms with Crippen LogP contribution in [0.2, 0.25) is 0 Å². The molecule has 1 unspecified atom stereocenters. The largest absolute Gasteiger partial charge is 0.497 e. The van der Waals surface area contributed by atoms with Gasteiger partial charge in [-0.3, -0.25) is 9.69 Å². The first-order chi connectivity index (χ1) is 9.10. The molecule has 1 aliphatic carbocycles. The van der Waals surface area contributed by atoms with Crippen LogP contribution >= 0.6 is 0 Å². The van der Waals surface area contributed by atoms with Crippen molar-refractivity contribution in [2.75, 3.05) is 26.0 Å². The Morgan fingerprint density at radius 1 is 1.53 bits per heavy atom. The SMILES string of the molecule is COc1cccc(NC(=O)CN(C)C(C)C2CC2)c1. The molecule has 1 N–H and O–H groups in total. The van der Waals surface area contributed by atoms with Gasteiger partial charge in [0.1, 0.15) is 5.75 Å². The average Bonchev–Trinajstić information content (AvgIpc) is 3.22. The Hall–Kier alpha value is -1.55. The van der Waals surface area contributed by atoms with Crippen LogP contribution in [0, 0.1) is 5.92 Å². The number of nitrogens with zero attached hydrogens (tertiary/aromatic N) is 1. The molecular weight excluding hydrogens is 240 g/mol. The van der Waals surface area contributed by atoms with Gasteiger partial charge in [-0.05, 0) is 44.9 Å². The molecule has 1 atom stereocenters. The summed E-state index contributed by atoms with van der Waals surface area (Å²) in [7, 11) is 3.63. The number of nitrogens with one attached hydrogen (secondary N) is 1. The lowest BCUT2D eigenvalue weighted by molar-refractivity contribution is -0.117. The molecule has 0 aromatic heterocycles. The van der Waals surface area contributed by atoms with Crippen LogP contribution in [0.4, 0.5) is 5.69 Å². The number of amides is 1. The van der Waals surface area contributed by atoms with Crippen molar-refractivity contribution < 1.29 is 9.53 Å². The van der Waals surface area contributed by atoms with E-state index < -0.39 is 0 Å². The van der Waals surface area contributed by atoms with Gasteiger partial charge >= 0.3 is 0 Å². The van der Waals surface area contributed by atoms with Crippen LogP contribution in [0.25, 0.3) is 0 Å². The number of hydrogen-bond donors (Lipinski definition) is 1. The number of anilines is 1. The number of benzene rings is 1. The van der Waals surface area contributed by atoms with Gasteiger partial charge in [0.15, 0.2) is 0 Å². The Balaban J connectivity index is 1.85. The van der Waals surface area contributed by atoms with E-state index in [-0.39, 0.29) is 5.91 Å². The maximum atomic E-state index is 12.0. The van der Waals surface area contributed by atoms with Gasteiger partial charge in [-0.2, -0.15) is 0 Å². The van der Waals surface area contributed by atoms with Crippen molar-refractivity contribution in [2.45, 2.75) is 25.8 Å². The highest BCUT2D eigenvalue weighted by Crippen LogP contribution is 2.34. The number of carbonyl (C=O) groups is 1. The lowest BCUT2D eigenvalue weighted by atomic mass is 10.2. The van der Waals surface area contributed by atoms with Gasteiger partial charge in [-0.25, -0.2) is 0 Å². The van der Waals surface area contributed by atoms with E-state index in [1.807, 2.05) is 31.3 Å². The Morgan fingerprint density at radius 2 is 2.26 bits per heavy atom. The predicted octanol–water partition coefficient (Wildman–Crippen LogP) is 2.36. The summed E-state index contributed by atoms with van der Waals surface area (Å²) in [6.07, 6.45) is 2.59. The van der Waals surface area contributed by atoms with Crippen LogP contribution in [0.1, 0.15) is 19.8 Å². The second-order valence-corrected chi connectivity index (χ2v) is 5.27. The molecule has 1 aromatic carbocycles. The van der Waals surface area contributed by atoms with Crippen LogP contribution in [-0.4, -0.2) is 37.6 Å². The smallest absolute Gasteiger partial charge is 0.238 e. The molecule has 1 fully saturated rings. The zero-order valence-electron chi connectivity index (χ0n) is 11.8. The lowest BCUT2D eigenvalue weighted by Crippen LogP contribution is -2.37. The molecule has 0 spiro atoms. The normalized spacial score (nSPS) is 16.2. The van der Waals surface area contributed by atoms with E-state index >= 15 is 0 Å². The summed E-state index contributed by atoms with van der Waals surface area (Å²) in [4.78, 5) is 14.1. The molecule has 0 bridgehead atoms. The molecule has 104 valence electrons. The number of ether oxygens (including phenoxy) is 1. The third-order valence-electron chi connectivity index (χ3n) is 3.75. The molecule has 1 amide bonds. The van der Waals surface area contributed by atoms with Crippen LogP contribution in [-0.2, 0) is 4.79 Å². The van der Waals surface area contributed by atoms with Gasteiger partial charge in [0.25, 0.3) is 0 Å². The molecule has 4 nitrogen and oxygen atoms in total. The molecule has 0 heterocycles. The monoisotopic (exact) mass is 262 g/mol. The molecule has 1 aromatic rings. The molecule has 19 heavy (non-hydrogen) atoms. The molecule has 1 aliphatic rings. The van der Waals surface area contributed by atoms with Crippen molar-refractivity contribution in [3.8, 4) is 5.75 Å². The first-order valence-electron chi connectivity index (χ1n) is 6.74. The van der Waals surface area contributed by atoms with Gasteiger partial charge < -0.3 is 10.1 Å². The Kier molecular flexibility index (Phi) is 4.43. The highest BCUT2D eigenvalue weighted by atomic mass is 16.5. The van der Waals surface area contributed by atoms with Gasteiger partial charge in [-0.15, -0.1) is 0 Å². The number of methoxy groups -OCH3 is 1. The highest BCUT2D eigenvalue weighted by Gasteiger charge is 2.30. The summed E-state index contributed by atoms with van der Waals surface area (Å²) in [6, 6.07) is 7.89. The summed E-state index contributed by atoms with van der Waals surface area (Å²) in [5.74, 6) is 1.54. The standard InChI is InChI=1S/C15H22N2O2/c1-11(12-7-8-12)17(2)10-15(18)16-13-5-4-6-14(9-13)19-3/h4-6,9,11-12H,7-8,10H2,1-3H3,(H,16,18). The first-order valence-corrected chi connectivity index (χ1v) is 6.74. The van der Waals surface area contributed by atoms with E-state index in [0.29, 0.717) is 12.6 Å². The van der Waals surface area contributed by atoms with Crippen molar-refractivity contribution in [1.82, 2.24) is 4.90 Å². The maximum absolute atomic E-state index is 12.0. The fraction of sp³-hybridized carbons (Fsp3) is 0.533. The third kappa shape index (κ3) is 3.96. The maximum Gasteiger partial charge on any atom is 0.238 e. The van der Waals surface area contributed by atoms with Crippen LogP contribution in [0.15, 0.2) is 24.3 Å². The predicted molar refractivity (Wildman–Crippen MR) is 76.4 cm³/mol. The van der Waals surface area contributed by atoms with Crippen LogP contribution in [0.5, 0.6) is 5.75 Å². The second kappa shape index (κ2) is 6.06. The van der Waals surface area contributed by atoms with Gasteiger partial charge in [0.2, 0.25) is 5.91 Å². The quantitative estimate of drug-likeness (QED) is 0.855. The molecule has 1 saturated carbocycles. The summed E-state index contributed by atoms with van der Waals surface area (Å²) in [6.45, 7) is 2.62. The van der Waals surface area contributed by atoms with E-state index in [2.05, 4.69) is 17.1 Å². The number of hydrogen-bond acceptors (Lipinski definition) is 3. The number of rotatable bonds is 6. The third-order valence-corrected chi connectivity index (χ3v) is 3.75. The topological polar surface area (TPSA) is 41.6 Å². The van der Waals surface area contributed by atoms with Crippen molar-refractivity contribution in [2.24, 2.45) is 5.92 Å². The van der Waals surface area contributed by atoms with Crippen molar-refractivity contribution in [3.63, 3.8) is 0 Å². The van der Waals surface area contributed by atoms with E-state index in [9.17, 15) is 4.79 Å². The molecule has 0 aliphatic heterocycles. The molecular formula is C15H22N2O2. The molecule has 2 rings (SSSR count). The minimum atomic E-state index is 0.0169.